The van der Waals surface area contributed by atoms with Gasteiger partial charge in [0.1, 0.15) is 0 Å². The molecule has 1 aliphatic heterocycles. The number of amides is 1. The summed E-state index contributed by atoms with van der Waals surface area (Å²) in [5.41, 5.74) is 1.04. The second-order valence-electron chi connectivity index (χ2n) is 4.28. The van der Waals surface area contributed by atoms with Crippen LogP contribution in [0.2, 0.25) is 0 Å². The Bertz CT molecular complexity index is 255. The third-order valence-electron chi connectivity index (χ3n) is 2.97. The molecule has 0 radical (unpaired) electrons. The van der Waals surface area contributed by atoms with Crippen molar-refractivity contribution in [3.63, 3.8) is 0 Å². The van der Waals surface area contributed by atoms with Crippen molar-refractivity contribution in [1.29, 1.82) is 0 Å². The van der Waals surface area contributed by atoms with Crippen LogP contribution in [-0.2, 0) is 4.79 Å². The minimum Gasteiger partial charge on any atom is -0.356 e. The van der Waals surface area contributed by atoms with Crippen molar-refractivity contribution in [3.8, 4) is 0 Å². The molecule has 0 atom stereocenters. The van der Waals surface area contributed by atoms with Gasteiger partial charge in [-0.1, -0.05) is 24.8 Å². The van der Waals surface area contributed by atoms with E-state index < -0.39 is 0 Å². The molecule has 3 nitrogen and oxygen atoms in total. The maximum Gasteiger partial charge on any atom is 0.223 e. The quantitative estimate of drug-likeness (QED) is 0.530. The molecule has 3 heteroatoms. The van der Waals surface area contributed by atoms with Gasteiger partial charge in [-0.15, -0.1) is 0 Å². The molecule has 16 heavy (non-hydrogen) atoms. The van der Waals surface area contributed by atoms with Crippen molar-refractivity contribution in [2.24, 2.45) is 5.92 Å². The molecular formula is C13H22N2O. The molecule has 0 aromatic rings. The van der Waals surface area contributed by atoms with E-state index >= 15 is 0 Å². The summed E-state index contributed by atoms with van der Waals surface area (Å²) >= 11 is 0. The van der Waals surface area contributed by atoms with Crippen LogP contribution in [0.5, 0.6) is 0 Å². The summed E-state index contributed by atoms with van der Waals surface area (Å²) in [6.45, 7) is 10.2. The molecule has 2 N–H and O–H groups in total. The number of carbonyl (C=O) groups excluding carboxylic acids is 1. The Balaban J connectivity index is 2.09. The number of hydrogen-bond donors (Lipinski definition) is 2. The van der Waals surface area contributed by atoms with Gasteiger partial charge in [-0.3, -0.25) is 4.79 Å². The number of rotatable bonds is 6. The lowest BCUT2D eigenvalue weighted by molar-refractivity contribution is -0.125. The molecule has 1 rings (SSSR count). The molecule has 0 aromatic carbocycles. The SMILES string of the molecule is C=CC(=C)CCCNC(=O)C1CCNCC1. The lowest BCUT2D eigenvalue weighted by Crippen LogP contribution is -2.38. The monoisotopic (exact) mass is 222 g/mol. The first kappa shape index (κ1) is 13.0. The normalized spacial score (nSPS) is 16.8. The topological polar surface area (TPSA) is 41.1 Å². The van der Waals surface area contributed by atoms with Gasteiger partial charge in [0, 0.05) is 12.5 Å². The summed E-state index contributed by atoms with van der Waals surface area (Å²) < 4.78 is 0. The standard InChI is InChI=1S/C13H22N2O/c1-3-11(2)5-4-8-15-13(16)12-6-9-14-10-7-12/h3,12,14H,1-2,4-10H2,(H,15,16). The predicted molar refractivity (Wildman–Crippen MR) is 67.2 cm³/mol. The summed E-state index contributed by atoms with van der Waals surface area (Å²) in [6.07, 6.45) is 5.56. The molecule has 1 amide bonds. The second-order valence-corrected chi connectivity index (χ2v) is 4.28. The van der Waals surface area contributed by atoms with Crippen LogP contribution in [0.15, 0.2) is 24.8 Å². The second kappa shape index (κ2) is 7.23. The smallest absolute Gasteiger partial charge is 0.223 e. The van der Waals surface area contributed by atoms with E-state index in [1.165, 1.54) is 0 Å². The van der Waals surface area contributed by atoms with E-state index in [-0.39, 0.29) is 11.8 Å². The highest BCUT2D eigenvalue weighted by Gasteiger charge is 2.19. The van der Waals surface area contributed by atoms with Crippen LogP contribution >= 0.6 is 0 Å². The molecule has 0 aromatic heterocycles. The molecular weight excluding hydrogens is 200 g/mol. The van der Waals surface area contributed by atoms with Crippen molar-refractivity contribution in [1.82, 2.24) is 10.6 Å². The molecule has 0 spiro atoms. The fourth-order valence-corrected chi connectivity index (χ4v) is 1.86. The average molecular weight is 222 g/mol. The Morgan fingerprint density at radius 2 is 2.12 bits per heavy atom. The summed E-state index contributed by atoms with van der Waals surface area (Å²) in [6, 6.07) is 0. The van der Waals surface area contributed by atoms with Gasteiger partial charge in [0.05, 0.1) is 0 Å². The summed E-state index contributed by atoms with van der Waals surface area (Å²) in [5.74, 6) is 0.426. The summed E-state index contributed by atoms with van der Waals surface area (Å²) in [7, 11) is 0. The first-order valence-electron chi connectivity index (χ1n) is 6.02. The number of nitrogens with one attached hydrogen (secondary N) is 2. The van der Waals surface area contributed by atoms with E-state index in [9.17, 15) is 4.79 Å². The molecule has 90 valence electrons. The van der Waals surface area contributed by atoms with E-state index in [2.05, 4.69) is 23.8 Å². The van der Waals surface area contributed by atoms with Crippen molar-refractivity contribution in [3.05, 3.63) is 24.8 Å². The van der Waals surface area contributed by atoms with Gasteiger partial charge in [0.15, 0.2) is 0 Å². The van der Waals surface area contributed by atoms with Gasteiger partial charge < -0.3 is 10.6 Å². The molecule has 1 saturated heterocycles. The maximum atomic E-state index is 11.7. The molecule has 1 aliphatic rings. The van der Waals surface area contributed by atoms with Crippen molar-refractivity contribution in [2.75, 3.05) is 19.6 Å². The number of allylic oxidation sites excluding steroid dienone is 2. The third-order valence-corrected chi connectivity index (χ3v) is 2.97. The molecule has 0 bridgehead atoms. The highest BCUT2D eigenvalue weighted by Crippen LogP contribution is 2.11. The Morgan fingerprint density at radius 1 is 1.44 bits per heavy atom. The van der Waals surface area contributed by atoms with E-state index in [4.69, 9.17) is 0 Å². The minimum atomic E-state index is 0.212. The van der Waals surface area contributed by atoms with Crippen LogP contribution in [0.4, 0.5) is 0 Å². The van der Waals surface area contributed by atoms with E-state index in [0.29, 0.717) is 0 Å². The molecule has 0 unspecified atom stereocenters. The van der Waals surface area contributed by atoms with Gasteiger partial charge in [-0.2, -0.15) is 0 Å². The van der Waals surface area contributed by atoms with E-state index in [1.807, 2.05) is 0 Å². The zero-order valence-corrected chi connectivity index (χ0v) is 9.93. The molecule has 1 fully saturated rings. The fraction of sp³-hybridized carbons (Fsp3) is 0.615. The van der Waals surface area contributed by atoms with Crippen LogP contribution in [0.3, 0.4) is 0 Å². The van der Waals surface area contributed by atoms with Gasteiger partial charge in [0.25, 0.3) is 0 Å². The lowest BCUT2D eigenvalue weighted by atomic mass is 9.97. The summed E-state index contributed by atoms with van der Waals surface area (Å²) in [5, 5.41) is 6.25. The van der Waals surface area contributed by atoms with Crippen LogP contribution in [-0.4, -0.2) is 25.5 Å². The zero-order chi connectivity index (χ0) is 11.8. The van der Waals surface area contributed by atoms with Crippen LogP contribution in [0.25, 0.3) is 0 Å². The van der Waals surface area contributed by atoms with Gasteiger partial charge in [0.2, 0.25) is 5.91 Å². The number of piperidine rings is 1. The zero-order valence-electron chi connectivity index (χ0n) is 9.93. The lowest BCUT2D eigenvalue weighted by Gasteiger charge is -2.21. The van der Waals surface area contributed by atoms with Gasteiger partial charge in [-0.25, -0.2) is 0 Å². The Hall–Kier alpha value is -1.09. The Kier molecular flexibility index (Phi) is 5.86. The minimum absolute atomic E-state index is 0.212. The van der Waals surface area contributed by atoms with Gasteiger partial charge >= 0.3 is 0 Å². The fourth-order valence-electron chi connectivity index (χ4n) is 1.86. The molecule has 1 heterocycles. The van der Waals surface area contributed by atoms with Crippen molar-refractivity contribution in [2.45, 2.75) is 25.7 Å². The number of hydrogen-bond acceptors (Lipinski definition) is 2. The average Bonchev–Trinajstić information content (AvgIpc) is 2.35. The first-order valence-corrected chi connectivity index (χ1v) is 6.02. The maximum absolute atomic E-state index is 11.7. The highest BCUT2D eigenvalue weighted by atomic mass is 16.1. The predicted octanol–water partition coefficient (Wildman–Crippen LogP) is 1.62. The highest BCUT2D eigenvalue weighted by molar-refractivity contribution is 5.78. The Morgan fingerprint density at radius 3 is 2.75 bits per heavy atom. The third kappa shape index (κ3) is 4.62. The number of carbonyl (C=O) groups is 1. The van der Waals surface area contributed by atoms with Crippen LogP contribution in [0, 0.1) is 5.92 Å². The molecule has 0 aliphatic carbocycles. The van der Waals surface area contributed by atoms with Gasteiger partial charge in [-0.05, 0) is 38.8 Å². The van der Waals surface area contributed by atoms with Crippen LogP contribution in [0.1, 0.15) is 25.7 Å². The van der Waals surface area contributed by atoms with Crippen molar-refractivity contribution >= 4 is 5.91 Å². The van der Waals surface area contributed by atoms with E-state index in [0.717, 1.165) is 50.9 Å². The first-order chi connectivity index (χ1) is 7.74. The van der Waals surface area contributed by atoms with E-state index in [1.54, 1.807) is 6.08 Å². The largest absolute Gasteiger partial charge is 0.356 e. The van der Waals surface area contributed by atoms with Crippen LogP contribution < -0.4 is 10.6 Å². The van der Waals surface area contributed by atoms with Crippen molar-refractivity contribution < 1.29 is 4.79 Å². The summed E-state index contributed by atoms with van der Waals surface area (Å²) in [4.78, 5) is 11.7. The molecule has 0 saturated carbocycles. The Labute approximate surface area is 98.0 Å².